The van der Waals surface area contributed by atoms with E-state index in [1.165, 1.54) is 23.3 Å². The minimum Gasteiger partial charge on any atom is -0.345 e. The molecular formula is C17H23NOS. The van der Waals surface area contributed by atoms with E-state index in [-0.39, 0.29) is 0 Å². The van der Waals surface area contributed by atoms with Crippen LogP contribution in [0.1, 0.15) is 31.2 Å². The molecule has 2 nitrogen and oxygen atoms in total. The van der Waals surface area contributed by atoms with E-state index < -0.39 is 0 Å². The lowest BCUT2D eigenvalue weighted by molar-refractivity contribution is -0.131. The van der Waals surface area contributed by atoms with Crippen LogP contribution in [0.2, 0.25) is 0 Å². The van der Waals surface area contributed by atoms with Gasteiger partial charge in [-0.3, -0.25) is 4.79 Å². The Balaban J connectivity index is 1.35. The molecule has 2 fully saturated rings. The number of carbonyl (C=O) groups is 1. The maximum absolute atomic E-state index is 12.2. The minimum absolute atomic E-state index is 0.372. The number of amides is 1. The third kappa shape index (κ3) is 3.03. The van der Waals surface area contributed by atoms with Crippen LogP contribution in [0.15, 0.2) is 29.2 Å². The molecule has 20 heavy (non-hydrogen) atoms. The van der Waals surface area contributed by atoms with E-state index >= 15 is 0 Å². The number of rotatable bonds is 6. The highest BCUT2D eigenvalue weighted by Gasteiger charge is 2.66. The third-order valence-corrected chi connectivity index (χ3v) is 5.78. The van der Waals surface area contributed by atoms with Crippen LogP contribution >= 0.6 is 11.8 Å². The van der Waals surface area contributed by atoms with Gasteiger partial charge >= 0.3 is 0 Å². The average Bonchev–Trinajstić information content (AvgIpc) is 3.36. The minimum atomic E-state index is 0.372. The Kier molecular flexibility index (Phi) is 3.80. The van der Waals surface area contributed by atoms with Gasteiger partial charge in [0.15, 0.2) is 0 Å². The molecule has 2 saturated carbocycles. The molecular weight excluding hydrogens is 266 g/mol. The van der Waals surface area contributed by atoms with Crippen molar-refractivity contribution in [3.05, 3.63) is 29.8 Å². The second-order valence-electron chi connectivity index (χ2n) is 6.39. The van der Waals surface area contributed by atoms with E-state index in [2.05, 4.69) is 31.2 Å². The molecule has 0 N–H and O–H groups in total. The van der Waals surface area contributed by atoms with Gasteiger partial charge in [-0.2, -0.15) is 0 Å². The fourth-order valence-corrected chi connectivity index (χ4v) is 3.75. The topological polar surface area (TPSA) is 20.3 Å². The fourth-order valence-electron chi connectivity index (χ4n) is 2.91. The van der Waals surface area contributed by atoms with E-state index in [9.17, 15) is 4.79 Å². The zero-order valence-electron chi connectivity index (χ0n) is 12.4. The van der Waals surface area contributed by atoms with Gasteiger partial charge in [0.05, 0.1) is 0 Å². The normalized spacial score (nSPS) is 21.8. The average molecular weight is 289 g/mol. The van der Waals surface area contributed by atoms with Crippen LogP contribution < -0.4 is 0 Å². The summed E-state index contributed by atoms with van der Waals surface area (Å²) in [6.07, 6.45) is 4.82. The predicted octanol–water partition coefficient (Wildman–Crippen LogP) is 3.74. The number of benzene rings is 1. The van der Waals surface area contributed by atoms with Crippen molar-refractivity contribution >= 4 is 17.7 Å². The van der Waals surface area contributed by atoms with Crippen molar-refractivity contribution in [1.82, 2.24) is 4.90 Å². The Hall–Kier alpha value is -0.960. The van der Waals surface area contributed by atoms with E-state index in [0.717, 1.165) is 25.1 Å². The van der Waals surface area contributed by atoms with Crippen molar-refractivity contribution in [3.63, 3.8) is 0 Å². The van der Waals surface area contributed by atoms with E-state index in [1.807, 2.05) is 23.7 Å². The summed E-state index contributed by atoms with van der Waals surface area (Å²) in [6.45, 7) is 3.00. The quantitative estimate of drug-likeness (QED) is 0.587. The van der Waals surface area contributed by atoms with Crippen molar-refractivity contribution in [1.29, 1.82) is 0 Å². The summed E-state index contributed by atoms with van der Waals surface area (Å²) in [7, 11) is 1.97. The van der Waals surface area contributed by atoms with Crippen molar-refractivity contribution in [2.45, 2.75) is 37.5 Å². The Morgan fingerprint density at radius 3 is 2.65 bits per heavy atom. The summed E-state index contributed by atoms with van der Waals surface area (Å²) >= 11 is 1.88. The molecule has 0 heterocycles. The van der Waals surface area contributed by atoms with Crippen LogP contribution in [0, 0.1) is 18.3 Å². The van der Waals surface area contributed by atoms with Gasteiger partial charge in [-0.25, -0.2) is 0 Å². The summed E-state index contributed by atoms with van der Waals surface area (Å²) < 4.78 is 0. The molecule has 1 aromatic rings. The molecule has 0 aliphatic heterocycles. The molecule has 0 radical (unpaired) electrons. The number of thioether (sulfide) groups is 1. The summed E-state index contributed by atoms with van der Waals surface area (Å²) in [5, 5.41) is 0. The van der Waals surface area contributed by atoms with Gasteiger partial charge in [0.2, 0.25) is 5.91 Å². The van der Waals surface area contributed by atoms with E-state index in [4.69, 9.17) is 0 Å². The lowest BCUT2D eigenvalue weighted by Crippen LogP contribution is -2.30. The largest absolute Gasteiger partial charge is 0.345 e. The first-order chi connectivity index (χ1) is 9.61. The fraction of sp³-hybridized carbons (Fsp3) is 0.588. The zero-order valence-corrected chi connectivity index (χ0v) is 13.2. The van der Waals surface area contributed by atoms with Gasteiger partial charge in [-0.05, 0) is 55.9 Å². The molecule has 2 aliphatic rings. The Labute approximate surface area is 125 Å². The monoisotopic (exact) mass is 289 g/mol. The maximum Gasteiger partial charge on any atom is 0.226 e. The highest BCUT2D eigenvalue weighted by Crippen LogP contribution is 2.70. The van der Waals surface area contributed by atoms with Crippen LogP contribution in [-0.4, -0.2) is 30.2 Å². The highest BCUT2D eigenvalue weighted by atomic mass is 32.2. The maximum atomic E-state index is 12.2. The van der Waals surface area contributed by atoms with Gasteiger partial charge in [0.25, 0.3) is 0 Å². The molecule has 0 saturated heterocycles. The number of carbonyl (C=O) groups excluding carboxylic acids is 1. The summed E-state index contributed by atoms with van der Waals surface area (Å²) in [5.74, 6) is 1.84. The second-order valence-corrected chi connectivity index (χ2v) is 7.56. The van der Waals surface area contributed by atoms with Crippen molar-refractivity contribution in [3.8, 4) is 0 Å². The number of nitrogens with zero attached hydrogens (tertiary/aromatic N) is 1. The number of hydrogen-bond donors (Lipinski definition) is 0. The van der Waals surface area contributed by atoms with Gasteiger partial charge in [-0.15, -0.1) is 11.8 Å². The second kappa shape index (κ2) is 5.44. The number of hydrogen-bond acceptors (Lipinski definition) is 2. The lowest BCUT2D eigenvalue weighted by atomic mass is 10.2. The van der Waals surface area contributed by atoms with Crippen LogP contribution in [0.25, 0.3) is 0 Å². The molecule has 0 bridgehead atoms. The molecule has 0 aromatic heterocycles. The molecule has 1 atom stereocenters. The zero-order chi connectivity index (χ0) is 14.2. The molecule has 3 rings (SSSR count). The number of aryl methyl sites for hydroxylation is 1. The Bertz CT molecular complexity index is 492. The lowest BCUT2D eigenvalue weighted by Gasteiger charge is -2.17. The van der Waals surface area contributed by atoms with Crippen LogP contribution in [-0.2, 0) is 4.79 Å². The Morgan fingerprint density at radius 2 is 2.05 bits per heavy atom. The molecule has 0 unspecified atom stereocenters. The summed E-state index contributed by atoms with van der Waals surface area (Å²) in [5.41, 5.74) is 1.79. The molecule has 1 amide bonds. The summed E-state index contributed by atoms with van der Waals surface area (Å²) in [4.78, 5) is 15.5. The van der Waals surface area contributed by atoms with Crippen molar-refractivity contribution < 1.29 is 4.79 Å². The summed E-state index contributed by atoms with van der Waals surface area (Å²) in [6, 6.07) is 8.66. The SMILES string of the molecule is Cc1ccc(SCCCN(C)C(=O)[C@@H]2CC23CC3)cc1. The van der Waals surface area contributed by atoms with Crippen molar-refractivity contribution in [2.24, 2.45) is 11.3 Å². The molecule has 2 aliphatic carbocycles. The highest BCUT2D eigenvalue weighted by molar-refractivity contribution is 7.99. The van der Waals surface area contributed by atoms with Crippen LogP contribution in [0.5, 0.6) is 0 Å². The van der Waals surface area contributed by atoms with E-state index in [1.54, 1.807) is 0 Å². The third-order valence-electron chi connectivity index (χ3n) is 4.68. The van der Waals surface area contributed by atoms with E-state index in [0.29, 0.717) is 17.2 Å². The van der Waals surface area contributed by atoms with Gasteiger partial charge in [-0.1, -0.05) is 17.7 Å². The smallest absolute Gasteiger partial charge is 0.226 e. The molecule has 1 spiro atoms. The first kappa shape index (κ1) is 14.0. The first-order valence-electron chi connectivity index (χ1n) is 7.55. The standard InChI is InChI=1S/C17H23NOS/c1-13-4-6-14(7-5-13)20-11-3-10-18(2)16(19)15-12-17(15)8-9-17/h4-7,15H,3,8-12H2,1-2H3/t15-/m0/s1. The van der Waals surface area contributed by atoms with Crippen LogP contribution in [0.4, 0.5) is 0 Å². The first-order valence-corrected chi connectivity index (χ1v) is 8.54. The van der Waals surface area contributed by atoms with Crippen LogP contribution in [0.3, 0.4) is 0 Å². The molecule has 3 heteroatoms. The van der Waals surface area contributed by atoms with Gasteiger partial charge in [0, 0.05) is 24.4 Å². The predicted molar refractivity (Wildman–Crippen MR) is 83.9 cm³/mol. The van der Waals surface area contributed by atoms with Crippen molar-refractivity contribution in [2.75, 3.05) is 19.3 Å². The Morgan fingerprint density at radius 1 is 1.35 bits per heavy atom. The van der Waals surface area contributed by atoms with Gasteiger partial charge in [0.1, 0.15) is 0 Å². The molecule has 108 valence electrons. The van der Waals surface area contributed by atoms with Gasteiger partial charge < -0.3 is 4.90 Å². The molecule has 1 aromatic carbocycles.